The van der Waals surface area contributed by atoms with Crippen molar-refractivity contribution in [3.8, 4) is 0 Å². The van der Waals surface area contributed by atoms with Crippen LogP contribution in [0.15, 0.2) is 73.3 Å². The fourth-order valence-electron chi connectivity index (χ4n) is 3.11. The topological polar surface area (TPSA) is 27.7 Å². The molecule has 1 aliphatic heterocycles. The quantitative estimate of drug-likeness (QED) is 0.629. The minimum Gasteiger partial charge on any atom is -0.374 e. The number of ether oxygens (including phenoxy) is 3. The maximum Gasteiger partial charge on any atom is 0.107 e. The molecule has 3 heteroatoms. The molecule has 132 valence electrons. The van der Waals surface area contributed by atoms with Crippen LogP contribution in [0.2, 0.25) is 0 Å². The molecule has 0 aliphatic carbocycles. The summed E-state index contributed by atoms with van der Waals surface area (Å²) in [4.78, 5) is 0. The second kappa shape index (κ2) is 9.52. The van der Waals surface area contributed by atoms with Crippen LogP contribution in [-0.4, -0.2) is 24.9 Å². The summed E-state index contributed by atoms with van der Waals surface area (Å²) in [6, 6.07) is 20.4. The second-order valence-electron chi connectivity index (χ2n) is 6.39. The number of hydrogen-bond donors (Lipinski definition) is 0. The van der Waals surface area contributed by atoms with Crippen LogP contribution in [0.5, 0.6) is 0 Å². The van der Waals surface area contributed by atoms with Crippen molar-refractivity contribution >= 4 is 0 Å². The summed E-state index contributed by atoms with van der Waals surface area (Å²) in [5, 5.41) is 0. The van der Waals surface area contributed by atoms with Gasteiger partial charge >= 0.3 is 0 Å². The van der Waals surface area contributed by atoms with Gasteiger partial charge in [-0.25, -0.2) is 0 Å². The van der Waals surface area contributed by atoms with Crippen LogP contribution in [0, 0.1) is 0 Å². The van der Waals surface area contributed by atoms with Crippen LogP contribution < -0.4 is 0 Å². The molecule has 3 rings (SSSR count). The Morgan fingerprint density at radius 1 is 0.960 bits per heavy atom. The van der Waals surface area contributed by atoms with Crippen molar-refractivity contribution in [3.05, 3.63) is 84.4 Å². The highest BCUT2D eigenvalue weighted by atomic mass is 16.6. The largest absolute Gasteiger partial charge is 0.374 e. The molecule has 2 aromatic rings. The molecule has 0 aromatic heterocycles. The van der Waals surface area contributed by atoms with Crippen LogP contribution in [0.3, 0.4) is 0 Å². The number of rotatable bonds is 9. The lowest BCUT2D eigenvalue weighted by atomic mass is 10.1. The first-order valence-electron chi connectivity index (χ1n) is 8.88. The van der Waals surface area contributed by atoms with E-state index in [0.717, 1.165) is 12.8 Å². The molecule has 1 heterocycles. The molecular formula is C22H26O3. The zero-order valence-electron chi connectivity index (χ0n) is 14.6. The maximum atomic E-state index is 6.14. The molecule has 0 spiro atoms. The number of hydrogen-bond acceptors (Lipinski definition) is 3. The van der Waals surface area contributed by atoms with Crippen molar-refractivity contribution in [2.45, 2.75) is 44.4 Å². The molecule has 1 saturated heterocycles. The standard InChI is InChI=1S/C22H26O3/c1-2-9-20-14-21(24-16-19-12-7-4-8-13-19)22(25-20)17-23-15-18-10-5-3-6-11-18/h2-8,10-13,20-22H,1,9,14-17H2/t20-,21+,22-/m1/s1. The first kappa shape index (κ1) is 17.9. The molecule has 0 bridgehead atoms. The van der Waals surface area contributed by atoms with Crippen molar-refractivity contribution in [1.82, 2.24) is 0 Å². The molecule has 1 fully saturated rings. The van der Waals surface area contributed by atoms with Gasteiger partial charge in [-0.3, -0.25) is 0 Å². The highest BCUT2D eigenvalue weighted by Gasteiger charge is 2.35. The van der Waals surface area contributed by atoms with E-state index in [1.807, 2.05) is 42.5 Å². The minimum absolute atomic E-state index is 0.0302. The van der Waals surface area contributed by atoms with E-state index in [1.165, 1.54) is 11.1 Å². The van der Waals surface area contributed by atoms with Crippen molar-refractivity contribution in [2.75, 3.05) is 6.61 Å². The van der Waals surface area contributed by atoms with Crippen molar-refractivity contribution in [3.63, 3.8) is 0 Å². The van der Waals surface area contributed by atoms with Gasteiger partial charge in [-0.1, -0.05) is 66.7 Å². The third kappa shape index (κ3) is 5.53. The van der Waals surface area contributed by atoms with Crippen molar-refractivity contribution in [2.24, 2.45) is 0 Å². The summed E-state index contributed by atoms with van der Waals surface area (Å²) in [7, 11) is 0. The number of benzene rings is 2. The smallest absolute Gasteiger partial charge is 0.107 e. The highest BCUT2D eigenvalue weighted by Crippen LogP contribution is 2.27. The lowest BCUT2D eigenvalue weighted by Crippen LogP contribution is -2.29. The van der Waals surface area contributed by atoms with Crippen LogP contribution >= 0.6 is 0 Å². The molecule has 25 heavy (non-hydrogen) atoms. The average Bonchev–Trinajstić information content (AvgIpc) is 3.04. The predicted octanol–water partition coefficient (Wildman–Crippen LogP) is 4.52. The predicted molar refractivity (Wildman–Crippen MR) is 99.2 cm³/mol. The van der Waals surface area contributed by atoms with Crippen LogP contribution in [0.25, 0.3) is 0 Å². The van der Waals surface area contributed by atoms with Gasteiger partial charge in [0.25, 0.3) is 0 Å². The van der Waals surface area contributed by atoms with Gasteiger partial charge in [0.15, 0.2) is 0 Å². The molecule has 0 amide bonds. The van der Waals surface area contributed by atoms with E-state index in [4.69, 9.17) is 14.2 Å². The van der Waals surface area contributed by atoms with E-state index in [1.54, 1.807) is 0 Å². The minimum atomic E-state index is -0.0302. The molecule has 0 unspecified atom stereocenters. The van der Waals surface area contributed by atoms with E-state index < -0.39 is 0 Å². The summed E-state index contributed by atoms with van der Waals surface area (Å²) in [6.45, 7) is 5.56. The molecule has 1 aliphatic rings. The van der Waals surface area contributed by atoms with Crippen LogP contribution in [-0.2, 0) is 27.4 Å². The van der Waals surface area contributed by atoms with Crippen LogP contribution in [0.1, 0.15) is 24.0 Å². The van der Waals surface area contributed by atoms with Gasteiger partial charge in [0, 0.05) is 6.42 Å². The fraction of sp³-hybridized carbons (Fsp3) is 0.364. The summed E-state index contributed by atoms with van der Waals surface area (Å²) < 4.78 is 18.1. The van der Waals surface area contributed by atoms with Crippen molar-refractivity contribution in [1.29, 1.82) is 0 Å². The summed E-state index contributed by atoms with van der Waals surface area (Å²) in [5.41, 5.74) is 2.35. The Hall–Kier alpha value is -1.94. The lowest BCUT2D eigenvalue weighted by Gasteiger charge is -2.19. The molecule has 2 aromatic carbocycles. The molecule has 0 N–H and O–H groups in total. The maximum absolute atomic E-state index is 6.14. The molecule has 0 radical (unpaired) electrons. The van der Waals surface area contributed by atoms with Gasteiger partial charge in [0.05, 0.1) is 32.0 Å². The first-order valence-corrected chi connectivity index (χ1v) is 8.88. The Balaban J connectivity index is 1.51. The third-order valence-corrected chi connectivity index (χ3v) is 4.41. The van der Waals surface area contributed by atoms with E-state index in [2.05, 4.69) is 30.8 Å². The summed E-state index contributed by atoms with van der Waals surface area (Å²) in [5.74, 6) is 0. The molecule has 3 nitrogen and oxygen atoms in total. The van der Waals surface area contributed by atoms with Crippen LogP contribution in [0.4, 0.5) is 0 Å². The zero-order chi connectivity index (χ0) is 17.3. The lowest BCUT2D eigenvalue weighted by molar-refractivity contribution is -0.0705. The first-order chi connectivity index (χ1) is 12.3. The normalized spacial score (nSPS) is 22.8. The van der Waals surface area contributed by atoms with E-state index in [9.17, 15) is 0 Å². The van der Waals surface area contributed by atoms with Gasteiger partial charge in [0.2, 0.25) is 0 Å². The Kier molecular flexibility index (Phi) is 6.80. The third-order valence-electron chi connectivity index (χ3n) is 4.41. The Labute approximate surface area is 150 Å². The SMILES string of the molecule is C=CC[C@@H]1C[C@H](OCc2ccccc2)[C@@H](COCc2ccccc2)O1. The summed E-state index contributed by atoms with van der Waals surface area (Å²) >= 11 is 0. The highest BCUT2D eigenvalue weighted by molar-refractivity contribution is 5.14. The molecular weight excluding hydrogens is 312 g/mol. The van der Waals surface area contributed by atoms with Gasteiger partial charge < -0.3 is 14.2 Å². The van der Waals surface area contributed by atoms with E-state index in [0.29, 0.717) is 19.8 Å². The molecule has 3 atom stereocenters. The zero-order valence-corrected chi connectivity index (χ0v) is 14.6. The van der Waals surface area contributed by atoms with E-state index >= 15 is 0 Å². The van der Waals surface area contributed by atoms with Gasteiger partial charge in [-0.05, 0) is 17.5 Å². The van der Waals surface area contributed by atoms with Crippen molar-refractivity contribution < 1.29 is 14.2 Å². The Bertz CT molecular complexity index is 626. The van der Waals surface area contributed by atoms with Gasteiger partial charge in [-0.2, -0.15) is 0 Å². The Morgan fingerprint density at radius 2 is 1.60 bits per heavy atom. The molecule has 0 saturated carbocycles. The van der Waals surface area contributed by atoms with Gasteiger partial charge in [-0.15, -0.1) is 6.58 Å². The average molecular weight is 338 g/mol. The Morgan fingerprint density at radius 3 is 2.24 bits per heavy atom. The summed E-state index contributed by atoms with van der Waals surface area (Å²) in [6.07, 6.45) is 3.84. The fourth-order valence-corrected chi connectivity index (χ4v) is 3.11. The monoisotopic (exact) mass is 338 g/mol. The van der Waals surface area contributed by atoms with Gasteiger partial charge in [0.1, 0.15) is 6.10 Å². The second-order valence-corrected chi connectivity index (χ2v) is 6.39. The van der Waals surface area contributed by atoms with E-state index in [-0.39, 0.29) is 18.3 Å².